The molecule has 0 spiro atoms. The largest absolute Gasteiger partial charge is 0.490 e. The lowest BCUT2D eigenvalue weighted by molar-refractivity contribution is -0.151. The zero-order chi connectivity index (χ0) is 24.2. The molecule has 0 bridgehead atoms. The van der Waals surface area contributed by atoms with Crippen molar-refractivity contribution in [1.29, 1.82) is 0 Å². The van der Waals surface area contributed by atoms with Crippen LogP contribution in [0.25, 0.3) is 0 Å². The summed E-state index contributed by atoms with van der Waals surface area (Å²) in [5.74, 6) is 0.492. The van der Waals surface area contributed by atoms with Gasteiger partial charge in [0.05, 0.1) is 17.9 Å². The topological polar surface area (TPSA) is 76.1 Å². The summed E-state index contributed by atoms with van der Waals surface area (Å²) in [5, 5.41) is 0.528. The summed E-state index contributed by atoms with van der Waals surface area (Å²) >= 11 is 9.43. The molecule has 7 nitrogen and oxygen atoms in total. The number of carbonyl (C=O) groups is 1. The Bertz CT molecular complexity index is 1110. The van der Waals surface area contributed by atoms with Gasteiger partial charge in [-0.3, -0.25) is 4.79 Å². The first-order valence-electron chi connectivity index (χ1n) is 11.3. The predicted molar refractivity (Wildman–Crippen MR) is 134 cm³/mol. The molecule has 1 amide bonds. The quantitative estimate of drug-likeness (QED) is 0.494. The van der Waals surface area contributed by atoms with Gasteiger partial charge in [-0.25, -0.2) is 8.42 Å². The number of piperidine rings is 1. The zero-order valence-corrected chi connectivity index (χ0v) is 21.9. The van der Waals surface area contributed by atoms with Gasteiger partial charge >= 0.3 is 0 Å². The van der Waals surface area contributed by atoms with E-state index in [1.54, 1.807) is 48.5 Å². The normalized spacial score (nSPS) is 21.9. The molecule has 10 heteroatoms. The fraction of sp³-hybridized carbons (Fsp3) is 0.458. The highest BCUT2D eigenvalue weighted by Crippen LogP contribution is 2.30. The second-order valence-corrected chi connectivity index (χ2v) is 12.0. The van der Waals surface area contributed by atoms with Gasteiger partial charge in [-0.05, 0) is 61.7 Å². The zero-order valence-electron chi connectivity index (χ0n) is 18.8. The van der Waals surface area contributed by atoms with Crippen molar-refractivity contribution in [3.05, 3.63) is 58.0 Å². The van der Waals surface area contributed by atoms with E-state index in [2.05, 4.69) is 15.9 Å². The van der Waals surface area contributed by atoms with Crippen molar-refractivity contribution < 1.29 is 22.7 Å². The van der Waals surface area contributed by atoms with Crippen LogP contribution < -0.4 is 4.74 Å². The van der Waals surface area contributed by atoms with Crippen LogP contribution in [0.4, 0.5) is 0 Å². The molecular formula is C24H28BrClN2O5S. The molecule has 2 aromatic carbocycles. The lowest BCUT2D eigenvalue weighted by Crippen LogP contribution is -2.58. The molecule has 2 saturated heterocycles. The van der Waals surface area contributed by atoms with Crippen molar-refractivity contribution in [2.75, 3.05) is 39.4 Å². The SMILES string of the molecule is O=C(C[C@]1(COc2cccc(Cl)c2)CN(S(=O)(=O)c2ccc(Br)cc2)CCO1)N1CCCCC1. The Morgan fingerprint density at radius 3 is 2.53 bits per heavy atom. The lowest BCUT2D eigenvalue weighted by Gasteiger charge is -2.42. The van der Waals surface area contributed by atoms with Crippen LogP contribution in [0.2, 0.25) is 5.02 Å². The lowest BCUT2D eigenvalue weighted by atomic mass is 9.97. The molecule has 2 fully saturated rings. The van der Waals surface area contributed by atoms with E-state index in [0.717, 1.165) is 23.7 Å². The number of halogens is 2. The van der Waals surface area contributed by atoms with Crippen LogP contribution >= 0.6 is 27.5 Å². The number of nitrogens with zero attached hydrogens (tertiary/aromatic N) is 2. The molecule has 2 aliphatic rings. The Morgan fingerprint density at radius 2 is 1.82 bits per heavy atom. The van der Waals surface area contributed by atoms with E-state index in [4.69, 9.17) is 21.1 Å². The molecule has 2 aliphatic heterocycles. The minimum absolute atomic E-state index is 0.0194. The third-order valence-electron chi connectivity index (χ3n) is 6.14. The highest BCUT2D eigenvalue weighted by Gasteiger charge is 2.44. The molecular weight excluding hydrogens is 544 g/mol. The maximum atomic E-state index is 13.4. The Balaban J connectivity index is 1.58. The summed E-state index contributed by atoms with van der Waals surface area (Å²) in [6.07, 6.45) is 3.10. The smallest absolute Gasteiger partial charge is 0.243 e. The van der Waals surface area contributed by atoms with Gasteiger partial charge in [0.1, 0.15) is 18.0 Å². The number of hydrogen-bond donors (Lipinski definition) is 0. The van der Waals surface area contributed by atoms with Crippen molar-refractivity contribution in [3.8, 4) is 5.75 Å². The molecule has 2 heterocycles. The number of ether oxygens (including phenoxy) is 2. The fourth-order valence-corrected chi connectivity index (χ4v) is 6.26. The molecule has 0 aromatic heterocycles. The van der Waals surface area contributed by atoms with Gasteiger partial charge in [0.2, 0.25) is 15.9 Å². The highest BCUT2D eigenvalue weighted by molar-refractivity contribution is 9.10. The number of hydrogen-bond acceptors (Lipinski definition) is 5. The maximum absolute atomic E-state index is 13.4. The maximum Gasteiger partial charge on any atom is 0.243 e. The van der Waals surface area contributed by atoms with Gasteiger partial charge in [-0.1, -0.05) is 33.6 Å². The fourth-order valence-electron chi connectivity index (χ4n) is 4.32. The molecule has 0 radical (unpaired) electrons. The summed E-state index contributed by atoms with van der Waals surface area (Å²) in [6, 6.07) is 13.5. The van der Waals surface area contributed by atoms with Gasteiger partial charge in [0.25, 0.3) is 0 Å². The van der Waals surface area contributed by atoms with Crippen LogP contribution in [0.3, 0.4) is 0 Å². The monoisotopic (exact) mass is 570 g/mol. The van der Waals surface area contributed by atoms with Crippen molar-refractivity contribution in [3.63, 3.8) is 0 Å². The summed E-state index contributed by atoms with van der Waals surface area (Å²) < 4.78 is 41.1. The first-order chi connectivity index (χ1) is 16.3. The summed E-state index contributed by atoms with van der Waals surface area (Å²) in [6.45, 7) is 1.85. The van der Waals surface area contributed by atoms with E-state index in [9.17, 15) is 13.2 Å². The first kappa shape index (κ1) is 25.4. The first-order valence-corrected chi connectivity index (χ1v) is 13.9. The minimum atomic E-state index is -3.77. The van der Waals surface area contributed by atoms with Crippen LogP contribution in [0, 0.1) is 0 Å². The summed E-state index contributed by atoms with van der Waals surface area (Å²) in [4.78, 5) is 15.2. The Kier molecular flexibility index (Phi) is 8.20. The second-order valence-electron chi connectivity index (χ2n) is 8.69. The number of carbonyl (C=O) groups excluding carboxylic acids is 1. The standard InChI is InChI=1S/C24H28BrClN2O5S/c25-19-7-9-22(10-8-19)34(30,31)28-13-14-33-24(17-28,16-23(29)27-11-2-1-3-12-27)18-32-21-6-4-5-20(26)15-21/h4-10,15H,1-3,11-14,16-18H2/t24-/m1/s1. The molecule has 2 aromatic rings. The van der Waals surface area contributed by atoms with Gasteiger partial charge in [0.15, 0.2) is 0 Å². The van der Waals surface area contributed by atoms with Gasteiger partial charge in [-0.15, -0.1) is 0 Å². The van der Waals surface area contributed by atoms with E-state index in [1.165, 1.54) is 4.31 Å². The molecule has 184 valence electrons. The number of morpholine rings is 1. The molecule has 0 aliphatic carbocycles. The van der Waals surface area contributed by atoms with Gasteiger partial charge in [0, 0.05) is 35.7 Å². The summed E-state index contributed by atoms with van der Waals surface area (Å²) in [5.41, 5.74) is -1.11. The molecule has 1 atom stereocenters. The predicted octanol–water partition coefficient (Wildman–Crippen LogP) is 4.34. The van der Waals surface area contributed by atoms with E-state index >= 15 is 0 Å². The van der Waals surface area contributed by atoms with Crippen LogP contribution in [0.1, 0.15) is 25.7 Å². The number of likely N-dealkylation sites (tertiary alicyclic amines) is 1. The third kappa shape index (κ3) is 6.12. The van der Waals surface area contributed by atoms with Crippen molar-refractivity contribution >= 4 is 43.5 Å². The third-order valence-corrected chi connectivity index (χ3v) is 8.77. The van der Waals surface area contributed by atoms with E-state index in [1.807, 2.05) is 4.90 Å². The van der Waals surface area contributed by atoms with Crippen molar-refractivity contribution in [1.82, 2.24) is 9.21 Å². The Morgan fingerprint density at radius 1 is 1.09 bits per heavy atom. The van der Waals surface area contributed by atoms with Crippen LogP contribution in [0.5, 0.6) is 5.75 Å². The van der Waals surface area contributed by atoms with E-state index < -0.39 is 15.6 Å². The summed E-state index contributed by atoms with van der Waals surface area (Å²) in [7, 11) is -3.77. The molecule has 0 saturated carbocycles. The number of rotatable bonds is 7. The minimum Gasteiger partial charge on any atom is -0.490 e. The number of amides is 1. The van der Waals surface area contributed by atoms with Crippen LogP contribution in [0.15, 0.2) is 57.9 Å². The Labute approximate surface area is 214 Å². The van der Waals surface area contributed by atoms with E-state index in [0.29, 0.717) is 23.9 Å². The average Bonchev–Trinajstić information content (AvgIpc) is 2.84. The number of sulfonamides is 1. The van der Waals surface area contributed by atoms with Crippen molar-refractivity contribution in [2.24, 2.45) is 0 Å². The Hall–Kier alpha value is -1.65. The highest BCUT2D eigenvalue weighted by atomic mass is 79.9. The molecule has 4 rings (SSSR count). The van der Waals surface area contributed by atoms with Gasteiger partial charge in [-0.2, -0.15) is 4.31 Å². The average molecular weight is 572 g/mol. The molecule has 0 N–H and O–H groups in total. The van der Waals surface area contributed by atoms with Crippen molar-refractivity contribution in [2.45, 2.75) is 36.2 Å². The van der Waals surface area contributed by atoms with E-state index in [-0.39, 0.29) is 43.5 Å². The second kappa shape index (κ2) is 11.0. The molecule has 0 unspecified atom stereocenters. The molecule has 34 heavy (non-hydrogen) atoms. The van der Waals surface area contributed by atoms with Crippen LogP contribution in [-0.4, -0.2) is 68.5 Å². The van der Waals surface area contributed by atoms with Crippen LogP contribution in [-0.2, 0) is 19.6 Å². The number of benzene rings is 2. The van der Waals surface area contributed by atoms with Gasteiger partial charge < -0.3 is 14.4 Å².